The topological polar surface area (TPSA) is 119 Å². The van der Waals surface area contributed by atoms with Crippen LogP contribution < -0.4 is 25.6 Å². The highest BCUT2D eigenvalue weighted by Gasteiger charge is 2.13. The minimum absolute atomic E-state index is 0.0758. The maximum absolute atomic E-state index is 12.2. The molecule has 0 fully saturated rings. The molecule has 1 aromatic heterocycles. The number of carbonyl (C=O) groups excluding carboxylic acids is 3. The molecule has 154 valence electrons. The molecule has 10 heteroatoms. The first-order chi connectivity index (χ1) is 13.9. The Morgan fingerprint density at radius 3 is 2.55 bits per heavy atom. The summed E-state index contributed by atoms with van der Waals surface area (Å²) in [4.78, 5) is 39.8. The molecule has 0 unspecified atom stereocenters. The predicted molar refractivity (Wildman–Crippen MR) is 106 cm³/mol. The zero-order chi connectivity index (χ0) is 21.2. The van der Waals surface area contributed by atoms with Gasteiger partial charge in [-0.2, -0.15) is 0 Å². The van der Waals surface area contributed by atoms with Gasteiger partial charge in [0, 0.05) is 16.8 Å². The fourth-order valence-electron chi connectivity index (χ4n) is 2.16. The normalized spacial score (nSPS) is 10.0. The molecule has 0 aliphatic rings. The van der Waals surface area contributed by atoms with Gasteiger partial charge in [0.2, 0.25) is 0 Å². The Morgan fingerprint density at radius 2 is 1.86 bits per heavy atom. The van der Waals surface area contributed by atoms with Crippen molar-refractivity contribution in [2.45, 2.75) is 13.3 Å². The van der Waals surface area contributed by atoms with Crippen LogP contribution in [0.2, 0.25) is 5.02 Å². The smallest absolute Gasteiger partial charge is 0.270 e. The van der Waals surface area contributed by atoms with E-state index in [1.165, 1.54) is 31.5 Å². The first-order valence-electron chi connectivity index (χ1n) is 8.74. The highest BCUT2D eigenvalue weighted by molar-refractivity contribution is 6.30. The van der Waals surface area contributed by atoms with Crippen LogP contribution in [0.4, 0.5) is 0 Å². The van der Waals surface area contributed by atoms with E-state index in [0.29, 0.717) is 23.1 Å². The van der Waals surface area contributed by atoms with E-state index in [9.17, 15) is 14.4 Å². The molecule has 1 heterocycles. The van der Waals surface area contributed by atoms with Crippen molar-refractivity contribution in [1.29, 1.82) is 0 Å². The summed E-state index contributed by atoms with van der Waals surface area (Å²) in [5.41, 5.74) is 4.81. The second kappa shape index (κ2) is 10.9. The summed E-state index contributed by atoms with van der Waals surface area (Å²) in [6, 6.07) is 7.56. The van der Waals surface area contributed by atoms with Crippen LogP contribution in [0.3, 0.4) is 0 Å². The van der Waals surface area contributed by atoms with E-state index in [4.69, 9.17) is 21.1 Å². The number of aromatic nitrogens is 1. The molecule has 0 aliphatic carbocycles. The van der Waals surface area contributed by atoms with E-state index in [1.54, 1.807) is 12.1 Å². The summed E-state index contributed by atoms with van der Waals surface area (Å²) in [7, 11) is 1.47. The van der Waals surface area contributed by atoms with Gasteiger partial charge in [0.25, 0.3) is 17.7 Å². The first kappa shape index (κ1) is 22.0. The quantitative estimate of drug-likeness (QED) is 0.559. The van der Waals surface area contributed by atoms with Crippen LogP contribution in [-0.4, -0.2) is 43.0 Å². The molecular weight excluding hydrogens is 400 g/mol. The number of carbonyl (C=O) groups is 3. The van der Waals surface area contributed by atoms with Gasteiger partial charge >= 0.3 is 0 Å². The fraction of sp³-hybridized carbons (Fsp3) is 0.263. The van der Waals surface area contributed by atoms with Crippen molar-refractivity contribution in [2.24, 2.45) is 0 Å². The number of pyridine rings is 1. The number of amides is 3. The average Bonchev–Trinajstić information content (AvgIpc) is 2.74. The van der Waals surface area contributed by atoms with E-state index < -0.39 is 17.7 Å². The Kier molecular flexibility index (Phi) is 8.23. The second-order valence-electron chi connectivity index (χ2n) is 5.76. The first-order valence-corrected chi connectivity index (χ1v) is 9.12. The molecule has 0 spiro atoms. The molecule has 0 radical (unpaired) electrons. The lowest BCUT2D eigenvalue weighted by molar-refractivity contribution is -0.120. The van der Waals surface area contributed by atoms with Gasteiger partial charge < -0.3 is 14.8 Å². The second-order valence-corrected chi connectivity index (χ2v) is 6.19. The molecule has 0 aliphatic heterocycles. The summed E-state index contributed by atoms with van der Waals surface area (Å²) in [6.45, 7) is 2.14. The predicted octanol–water partition coefficient (Wildman–Crippen LogP) is 1.72. The molecule has 0 bridgehead atoms. The number of rotatable bonds is 8. The summed E-state index contributed by atoms with van der Waals surface area (Å²) in [6.07, 6.45) is 2.21. The largest absolute Gasteiger partial charge is 0.493 e. The van der Waals surface area contributed by atoms with Gasteiger partial charge in [0.15, 0.2) is 11.5 Å². The van der Waals surface area contributed by atoms with Crippen molar-refractivity contribution in [2.75, 3.05) is 20.3 Å². The Hall–Kier alpha value is -3.33. The third-order valence-electron chi connectivity index (χ3n) is 3.57. The van der Waals surface area contributed by atoms with E-state index in [2.05, 4.69) is 21.2 Å². The minimum atomic E-state index is -0.622. The van der Waals surface area contributed by atoms with Crippen molar-refractivity contribution in [1.82, 2.24) is 21.2 Å². The Morgan fingerprint density at radius 1 is 1.07 bits per heavy atom. The zero-order valence-electron chi connectivity index (χ0n) is 16.0. The molecule has 0 saturated heterocycles. The summed E-state index contributed by atoms with van der Waals surface area (Å²) in [5.74, 6) is -0.822. The maximum atomic E-state index is 12.2. The summed E-state index contributed by atoms with van der Waals surface area (Å²) < 4.78 is 10.7. The van der Waals surface area contributed by atoms with E-state index in [0.717, 1.165) is 6.42 Å². The van der Waals surface area contributed by atoms with E-state index >= 15 is 0 Å². The minimum Gasteiger partial charge on any atom is -0.493 e. The van der Waals surface area contributed by atoms with Gasteiger partial charge in [0.05, 0.1) is 20.3 Å². The van der Waals surface area contributed by atoms with Crippen LogP contribution in [0.25, 0.3) is 0 Å². The molecule has 3 N–H and O–H groups in total. The maximum Gasteiger partial charge on any atom is 0.270 e. The van der Waals surface area contributed by atoms with Gasteiger partial charge in [-0.3, -0.25) is 30.2 Å². The molecule has 0 atom stereocenters. The van der Waals surface area contributed by atoms with Crippen LogP contribution in [0.1, 0.15) is 34.2 Å². The highest BCUT2D eigenvalue weighted by atomic mass is 35.5. The molecule has 2 rings (SSSR count). The number of nitrogens with zero attached hydrogens (tertiary/aromatic N) is 1. The molecule has 2 aromatic rings. The number of hydrogen-bond acceptors (Lipinski definition) is 6. The van der Waals surface area contributed by atoms with Crippen LogP contribution in [0, 0.1) is 0 Å². The molecule has 29 heavy (non-hydrogen) atoms. The molecule has 3 amide bonds. The van der Waals surface area contributed by atoms with Gasteiger partial charge in [0.1, 0.15) is 5.69 Å². The number of ether oxygens (including phenoxy) is 2. The van der Waals surface area contributed by atoms with Crippen LogP contribution in [0.5, 0.6) is 11.5 Å². The third-order valence-corrected chi connectivity index (χ3v) is 3.80. The average molecular weight is 421 g/mol. The summed E-state index contributed by atoms with van der Waals surface area (Å²) >= 11 is 5.79. The Balaban J connectivity index is 1.85. The van der Waals surface area contributed by atoms with Crippen molar-refractivity contribution < 1.29 is 23.9 Å². The van der Waals surface area contributed by atoms with Gasteiger partial charge in [-0.05, 0) is 36.8 Å². The SMILES string of the molecule is CCCOc1ccc(C(=O)NNC(=O)CNC(=O)c2cc(Cl)ccn2)cc1OC. The molecular formula is C19H21ClN4O5. The van der Waals surface area contributed by atoms with E-state index in [-0.39, 0.29) is 17.8 Å². The zero-order valence-corrected chi connectivity index (χ0v) is 16.7. The third kappa shape index (κ3) is 6.65. The van der Waals surface area contributed by atoms with E-state index in [1.807, 2.05) is 6.92 Å². The van der Waals surface area contributed by atoms with Gasteiger partial charge in [-0.25, -0.2) is 0 Å². The molecule has 9 nitrogen and oxygen atoms in total. The number of methoxy groups -OCH3 is 1. The monoisotopic (exact) mass is 420 g/mol. The lowest BCUT2D eigenvalue weighted by Crippen LogP contribution is -2.46. The van der Waals surface area contributed by atoms with Gasteiger partial charge in [-0.1, -0.05) is 18.5 Å². The highest BCUT2D eigenvalue weighted by Crippen LogP contribution is 2.28. The number of nitrogens with one attached hydrogen (secondary N) is 3. The number of benzene rings is 1. The van der Waals surface area contributed by atoms with Crippen LogP contribution in [-0.2, 0) is 4.79 Å². The van der Waals surface area contributed by atoms with Crippen molar-refractivity contribution in [3.05, 3.63) is 52.8 Å². The number of hydrogen-bond donors (Lipinski definition) is 3. The van der Waals surface area contributed by atoms with Crippen molar-refractivity contribution >= 4 is 29.3 Å². The Labute approximate surface area is 172 Å². The lowest BCUT2D eigenvalue weighted by Gasteiger charge is -2.12. The van der Waals surface area contributed by atoms with Crippen LogP contribution >= 0.6 is 11.6 Å². The number of hydrazine groups is 1. The summed E-state index contributed by atoms with van der Waals surface area (Å²) in [5, 5.41) is 2.73. The molecule has 0 saturated carbocycles. The Bertz CT molecular complexity index is 891. The number of halogens is 1. The van der Waals surface area contributed by atoms with Gasteiger partial charge in [-0.15, -0.1) is 0 Å². The van der Waals surface area contributed by atoms with Crippen molar-refractivity contribution in [3.63, 3.8) is 0 Å². The van der Waals surface area contributed by atoms with Crippen LogP contribution in [0.15, 0.2) is 36.5 Å². The lowest BCUT2D eigenvalue weighted by atomic mass is 10.2. The molecule has 1 aromatic carbocycles. The standard InChI is InChI=1S/C19H21ClN4O5/c1-3-8-29-15-5-4-12(9-16(15)28-2)18(26)24-23-17(25)11-22-19(27)14-10-13(20)6-7-21-14/h4-7,9-10H,3,8,11H2,1-2H3,(H,22,27)(H,23,25)(H,24,26). The van der Waals surface area contributed by atoms with Crippen molar-refractivity contribution in [3.8, 4) is 11.5 Å². The fourth-order valence-corrected chi connectivity index (χ4v) is 2.32.